The van der Waals surface area contributed by atoms with Crippen LogP contribution in [-0.4, -0.2) is 48.0 Å². The molecule has 2 heterocycles. The quantitative estimate of drug-likeness (QED) is 0.536. The number of benzene rings is 1. The number of para-hydroxylation sites is 2. The van der Waals surface area contributed by atoms with E-state index in [0.717, 1.165) is 16.2 Å². The van der Waals surface area contributed by atoms with Crippen LogP contribution in [0, 0.1) is 0 Å². The Morgan fingerprint density at radius 2 is 2.22 bits per heavy atom. The molecule has 0 aliphatic heterocycles. The zero-order valence-electron chi connectivity index (χ0n) is 12.9. The Labute approximate surface area is 137 Å². The van der Waals surface area contributed by atoms with E-state index in [0.29, 0.717) is 12.3 Å². The minimum absolute atomic E-state index is 0.0372. The fourth-order valence-electron chi connectivity index (χ4n) is 2.22. The summed E-state index contributed by atoms with van der Waals surface area (Å²) in [6.07, 6.45) is 1.70. The van der Waals surface area contributed by atoms with E-state index >= 15 is 0 Å². The van der Waals surface area contributed by atoms with Gasteiger partial charge in [-0.25, -0.2) is 9.67 Å². The van der Waals surface area contributed by atoms with Crippen molar-refractivity contribution in [2.75, 3.05) is 12.3 Å². The van der Waals surface area contributed by atoms with Gasteiger partial charge >= 0.3 is 0 Å². The van der Waals surface area contributed by atoms with Crippen molar-refractivity contribution in [1.82, 2.24) is 35.1 Å². The molecule has 0 saturated carbocycles. The molecule has 23 heavy (non-hydrogen) atoms. The first-order chi connectivity index (χ1) is 11.2. The highest BCUT2D eigenvalue weighted by atomic mass is 32.2. The van der Waals surface area contributed by atoms with Crippen LogP contribution in [0.1, 0.15) is 13.0 Å². The first-order valence-electron chi connectivity index (χ1n) is 7.21. The Morgan fingerprint density at radius 3 is 3.00 bits per heavy atom. The lowest BCUT2D eigenvalue weighted by Gasteiger charge is -2.14. The molecule has 0 aliphatic rings. The largest absolute Gasteiger partial charge is 0.353 e. The van der Waals surface area contributed by atoms with E-state index in [1.54, 1.807) is 18.1 Å². The van der Waals surface area contributed by atoms with Crippen molar-refractivity contribution < 1.29 is 4.79 Å². The molecule has 3 rings (SSSR count). The van der Waals surface area contributed by atoms with Gasteiger partial charge in [-0.3, -0.25) is 4.79 Å². The number of imidazole rings is 1. The molecule has 9 heteroatoms. The molecule has 0 spiro atoms. The van der Waals surface area contributed by atoms with Crippen LogP contribution in [0.15, 0.2) is 35.7 Å². The highest BCUT2D eigenvalue weighted by Gasteiger charge is 2.16. The predicted octanol–water partition coefficient (Wildman–Crippen LogP) is 1.03. The number of nitrogens with one attached hydrogen (secondary N) is 1. The van der Waals surface area contributed by atoms with Crippen molar-refractivity contribution in [3.05, 3.63) is 30.6 Å². The second-order valence-corrected chi connectivity index (χ2v) is 6.10. The van der Waals surface area contributed by atoms with E-state index in [4.69, 9.17) is 0 Å². The van der Waals surface area contributed by atoms with Crippen LogP contribution in [0.5, 0.6) is 0 Å². The SMILES string of the molecule is CC(C(=O)NCCSc1nnnn1C)n1cnc2ccccc21. The Kier molecular flexibility index (Phi) is 4.56. The minimum Gasteiger partial charge on any atom is -0.353 e. The number of tetrazole rings is 1. The molecule has 120 valence electrons. The smallest absolute Gasteiger partial charge is 0.242 e. The number of thioether (sulfide) groups is 1. The van der Waals surface area contributed by atoms with Crippen LogP contribution in [0.2, 0.25) is 0 Å². The maximum Gasteiger partial charge on any atom is 0.242 e. The number of hydrogen-bond donors (Lipinski definition) is 1. The van der Waals surface area contributed by atoms with E-state index in [9.17, 15) is 4.79 Å². The lowest BCUT2D eigenvalue weighted by Crippen LogP contribution is -2.32. The van der Waals surface area contributed by atoms with E-state index in [1.165, 1.54) is 11.8 Å². The number of aromatic nitrogens is 6. The third-order valence-electron chi connectivity index (χ3n) is 3.49. The summed E-state index contributed by atoms with van der Waals surface area (Å²) in [7, 11) is 1.78. The maximum atomic E-state index is 12.3. The van der Waals surface area contributed by atoms with Crippen LogP contribution in [0.3, 0.4) is 0 Å². The van der Waals surface area contributed by atoms with Crippen LogP contribution in [0.25, 0.3) is 11.0 Å². The zero-order chi connectivity index (χ0) is 16.2. The van der Waals surface area contributed by atoms with Gasteiger partial charge in [0.2, 0.25) is 11.1 Å². The first-order valence-corrected chi connectivity index (χ1v) is 8.20. The number of rotatable bonds is 6. The molecule has 1 unspecified atom stereocenters. The number of carbonyl (C=O) groups excluding carboxylic acids is 1. The molecule has 1 amide bonds. The Bertz CT molecular complexity index is 812. The Hall–Kier alpha value is -2.42. The number of amides is 1. The Balaban J connectivity index is 1.54. The highest BCUT2D eigenvalue weighted by Crippen LogP contribution is 2.17. The molecule has 8 nitrogen and oxygen atoms in total. The van der Waals surface area contributed by atoms with Crippen LogP contribution in [-0.2, 0) is 11.8 Å². The van der Waals surface area contributed by atoms with Gasteiger partial charge in [0.15, 0.2) is 0 Å². The number of hydrogen-bond acceptors (Lipinski definition) is 6. The van der Waals surface area contributed by atoms with Crippen molar-refractivity contribution in [3.8, 4) is 0 Å². The van der Waals surface area contributed by atoms with Gasteiger partial charge in [-0.15, -0.1) is 5.10 Å². The number of fused-ring (bicyclic) bond motifs is 1. The monoisotopic (exact) mass is 331 g/mol. The molecule has 0 saturated heterocycles. The summed E-state index contributed by atoms with van der Waals surface area (Å²) < 4.78 is 3.48. The predicted molar refractivity (Wildman–Crippen MR) is 87.0 cm³/mol. The van der Waals surface area contributed by atoms with Crippen molar-refractivity contribution in [2.45, 2.75) is 18.1 Å². The average molecular weight is 331 g/mol. The van der Waals surface area contributed by atoms with Gasteiger partial charge < -0.3 is 9.88 Å². The second-order valence-electron chi connectivity index (χ2n) is 5.04. The van der Waals surface area contributed by atoms with Crippen molar-refractivity contribution >= 4 is 28.7 Å². The molecule has 3 aromatic rings. The molecule has 2 aromatic heterocycles. The lowest BCUT2D eigenvalue weighted by atomic mass is 10.2. The molecule has 0 fully saturated rings. The summed E-state index contributed by atoms with van der Waals surface area (Å²) in [6.45, 7) is 2.41. The summed E-state index contributed by atoms with van der Waals surface area (Å²) in [5, 5.41) is 14.9. The maximum absolute atomic E-state index is 12.3. The van der Waals surface area contributed by atoms with Gasteiger partial charge in [0.1, 0.15) is 6.04 Å². The third-order valence-corrected chi connectivity index (χ3v) is 4.50. The normalized spacial score (nSPS) is 12.4. The van der Waals surface area contributed by atoms with Gasteiger partial charge in [-0.05, 0) is 29.5 Å². The Morgan fingerprint density at radius 1 is 1.39 bits per heavy atom. The third kappa shape index (κ3) is 3.34. The molecular weight excluding hydrogens is 314 g/mol. The van der Waals surface area contributed by atoms with E-state index in [-0.39, 0.29) is 11.9 Å². The number of carbonyl (C=O) groups is 1. The fraction of sp³-hybridized carbons (Fsp3) is 0.357. The van der Waals surface area contributed by atoms with Gasteiger partial charge in [0, 0.05) is 19.3 Å². The van der Waals surface area contributed by atoms with E-state index in [2.05, 4.69) is 25.8 Å². The molecule has 1 N–H and O–H groups in total. The molecule has 1 aromatic carbocycles. The topological polar surface area (TPSA) is 90.5 Å². The van der Waals surface area contributed by atoms with E-state index in [1.807, 2.05) is 35.8 Å². The van der Waals surface area contributed by atoms with Gasteiger partial charge in [-0.1, -0.05) is 23.9 Å². The standard InChI is InChI=1S/C14H17N7OS/c1-10(21-9-16-11-5-3-4-6-12(11)21)13(22)15-7-8-23-14-17-18-19-20(14)2/h3-6,9-10H,7-8H2,1-2H3,(H,15,22). The average Bonchev–Trinajstić information content (AvgIpc) is 3.17. The molecule has 0 bridgehead atoms. The first kappa shape index (κ1) is 15.5. The van der Waals surface area contributed by atoms with Crippen LogP contribution < -0.4 is 5.32 Å². The highest BCUT2D eigenvalue weighted by molar-refractivity contribution is 7.99. The second kappa shape index (κ2) is 6.78. The summed E-state index contributed by atoms with van der Waals surface area (Å²) in [4.78, 5) is 16.6. The van der Waals surface area contributed by atoms with Crippen molar-refractivity contribution in [3.63, 3.8) is 0 Å². The minimum atomic E-state index is -0.316. The lowest BCUT2D eigenvalue weighted by molar-refractivity contribution is -0.123. The molecular formula is C14H17N7OS. The fourth-order valence-corrected chi connectivity index (χ4v) is 2.93. The van der Waals surface area contributed by atoms with Crippen molar-refractivity contribution in [2.24, 2.45) is 7.05 Å². The summed E-state index contributed by atoms with van der Waals surface area (Å²) in [6, 6.07) is 7.45. The van der Waals surface area contributed by atoms with Crippen molar-refractivity contribution in [1.29, 1.82) is 0 Å². The summed E-state index contributed by atoms with van der Waals surface area (Å²) in [5.74, 6) is 0.669. The zero-order valence-corrected chi connectivity index (χ0v) is 13.7. The van der Waals surface area contributed by atoms with E-state index < -0.39 is 0 Å². The van der Waals surface area contributed by atoms with Crippen LogP contribution in [0.4, 0.5) is 0 Å². The summed E-state index contributed by atoms with van der Waals surface area (Å²) >= 11 is 1.50. The van der Waals surface area contributed by atoms with Gasteiger partial charge in [0.25, 0.3) is 0 Å². The van der Waals surface area contributed by atoms with Crippen LogP contribution >= 0.6 is 11.8 Å². The molecule has 0 aliphatic carbocycles. The number of nitrogens with zero attached hydrogens (tertiary/aromatic N) is 6. The number of aryl methyl sites for hydroxylation is 1. The summed E-state index contributed by atoms with van der Waals surface area (Å²) in [5.41, 5.74) is 1.84. The molecule has 0 radical (unpaired) electrons. The van der Waals surface area contributed by atoms with Gasteiger partial charge in [-0.2, -0.15) is 0 Å². The molecule has 1 atom stereocenters. The van der Waals surface area contributed by atoms with Gasteiger partial charge in [0.05, 0.1) is 17.4 Å².